The first-order valence-corrected chi connectivity index (χ1v) is 8.76. The van der Waals surface area contributed by atoms with E-state index in [0.29, 0.717) is 12.2 Å². The molecule has 0 spiro atoms. The molecule has 0 bridgehead atoms. The SMILES string of the molecule is CCN1C(=O)C(CC(=O)Nc2ccccc2)N(NC(=O)c2ccco2)C1=S. The average Bonchev–Trinajstić information content (AvgIpc) is 3.26. The molecule has 2 heterocycles. The van der Waals surface area contributed by atoms with Gasteiger partial charge in [-0.1, -0.05) is 18.2 Å². The molecule has 0 aliphatic carbocycles. The molecule has 3 amide bonds. The Kier molecular flexibility index (Phi) is 5.51. The van der Waals surface area contributed by atoms with Gasteiger partial charge in [0.15, 0.2) is 10.9 Å². The minimum Gasteiger partial charge on any atom is -0.459 e. The van der Waals surface area contributed by atoms with Crippen LogP contribution in [0.1, 0.15) is 23.9 Å². The highest BCUT2D eigenvalue weighted by atomic mass is 32.1. The summed E-state index contributed by atoms with van der Waals surface area (Å²) in [5, 5.41) is 4.11. The minimum atomic E-state index is -0.930. The summed E-state index contributed by atoms with van der Waals surface area (Å²) in [6.45, 7) is 2.10. The first-order chi connectivity index (χ1) is 13.0. The predicted octanol–water partition coefficient (Wildman–Crippen LogP) is 1.77. The van der Waals surface area contributed by atoms with E-state index in [0.717, 1.165) is 0 Å². The monoisotopic (exact) mass is 386 g/mol. The van der Waals surface area contributed by atoms with Crippen molar-refractivity contribution in [3.63, 3.8) is 0 Å². The number of nitrogens with one attached hydrogen (secondary N) is 2. The number of likely N-dealkylation sites (N-methyl/N-ethyl adjacent to an activating group) is 1. The van der Waals surface area contributed by atoms with Crippen LogP contribution in [-0.4, -0.2) is 45.3 Å². The second-order valence-corrected chi connectivity index (χ2v) is 6.15. The lowest BCUT2D eigenvalue weighted by Crippen LogP contribution is -2.49. The number of hydrogen-bond donors (Lipinski definition) is 2. The summed E-state index contributed by atoms with van der Waals surface area (Å²) in [6, 6.07) is 11.0. The highest BCUT2D eigenvalue weighted by Crippen LogP contribution is 2.20. The number of para-hydroxylation sites is 1. The fourth-order valence-corrected chi connectivity index (χ4v) is 3.12. The maximum atomic E-state index is 12.7. The van der Waals surface area contributed by atoms with Crippen molar-refractivity contribution in [1.82, 2.24) is 15.3 Å². The lowest BCUT2D eigenvalue weighted by molar-refractivity contribution is -0.130. The Bertz CT molecular complexity index is 854. The molecule has 1 aromatic carbocycles. The van der Waals surface area contributed by atoms with E-state index in [-0.39, 0.29) is 29.1 Å². The van der Waals surface area contributed by atoms with Crippen molar-refractivity contribution in [2.45, 2.75) is 19.4 Å². The maximum absolute atomic E-state index is 12.7. The number of thiocarbonyl (C=S) groups is 1. The number of amides is 3. The van der Waals surface area contributed by atoms with E-state index in [4.69, 9.17) is 16.6 Å². The van der Waals surface area contributed by atoms with Gasteiger partial charge in [0.2, 0.25) is 5.91 Å². The fourth-order valence-electron chi connectivity index (χ4n) is 2.72. The molecule has 140 valence electrons. The van der Waals surface area contributed by atoms with Crippen LogP contribution in [0.3, 0.4) is 0 Å². The molecule has 2 N–H and O–H groups in total. The van der Waals surface area contributed by atoms with Gasteiger partial charge >= 0.3 is 5.91 Å². The number of rotatable bonds is 6. The van der Waals surface area contributed by atoms with Crippen molar-refractivity contribution < 1.29 is 18.8 Å². The van der Waals surface area contributed by atoms with E-state index in [1.54, 1.807) is 37.3 Å². The molecule has 3 rings (SSSR count). The van der Waals surface area contributed by atoms with Gasteiger partial charge in [-0.05, 0) is 43.4 Å². The maximum Gasteiger partial charge on any atom is 0.305 e. The molecule has 1 fully saturated rings. The summed E-state index contributed by atoms with van der Waals surface area (Å²) in [4.78, 5) is 38.7. The lowest BCUT2D eigenvalue weighted by Gasteiger charge is -2.23. The first-order valence-electron chi connectivity index (χ1n) is 8.35. The third-order valence-corrected chi connectivity index (χ3v) is 4.44. The summed E-state index contributed by atoms with van der Waals surface area (Å²) >= 11 is 5.30. The van der Waals surface area contributed by atoms with E-state index in [2.05, 4.69) is 10.7 Å². The van der Waals surface area contributed by atoms with Crippen LogP contribution < -0.4 is 10.7 Å². The molecule has 1 saturated heterocycles. The van der Waals surface area contributed by atoms with Gasteiger partial charge < -0.3 is 9.73 Å². The van der Waals surface area contributed by atoms with Crippen LogP contribution >= 0.6 is 12.2 Å². The minimum absolute atomic E-state index is 0.0766. The van der Waals surface area contributed by atoms with Crippen LogP contribution in [0.25, 0.3) is 0 Å². The molecule has 1 atom stereocenters. The van der Waals surface area contributed by atoms with Crippen molar-refractivity contribution in [3.8, 4) is 0 Å². The molecule has 2 aromatic rings. The number of hydrogen-bond acceptors (Lipinski definition) is 5. The molecule has 27 heavy (non-hydrogen) atoms. The number of benzene rings is 1. The number of furan rings is 1. The van der Waals surface area contributed by atoms with Crippen molar-refractivity contribution in [3.05, 3.63) is 54.5 Å². The lowest BCUT2D eigenvalue weighted by atomic mass is 10.2. The topological polar surface area (TPSA) is 94.9 Å². The summed E-state index contributed by atoms with van der Waals surface area (Å²) in [7, 11) is 0. The van der Waals surface area contributed by atoms with Crippen LogP contribution in [0.4, 0.5) is 5.69 Å². The van der Waals surface area contributed by atoms with Crippen LogP contribution in [0.5, 0.6) is 0 Å². The zero-order valence-electron chi connectivity index (χ0n) is 14.5. The molecule has 9 heteroatoms. The summed E-state index contributed by atoms with van der Waals surface area (Å²) in [5.74, 6) is -1.18. The van der Waals surface area contributed by atoms with E-state index < -0.39 is 11.9 Å². The van der Waals surface area contributed by atoms with Gasteiger partial charge in [-0.25, -0.2) is 5.01 Å². The zero-order chi connectivity index (χ0) is 19.4. The highest BCUT2D eigenvalue weighted by molar-refractivity contribution is 7.80. The van der Waals surface area contributed by atoms with E-state index in [1.807, 2.05) is 6.07 Å². The van der Waals surface area contributed by atoms with Gasteiger partial charge in [-0.15, -0.1) is 0 Å². The summed E-state index contributed by atoms with van der Waals surface area (Å²) in [6.07, 6.45) is 1.20. The molecule has 0 radical (unpaired) electrons. The summed E-state index contributed by atoms with van der Waals surface area (Å²) < 4.78 is 5.06. The van der Waals surface area contributed by atoms with Gasteiger partial charge in [0, 0.05) is 12.2 Å². The number of anilines is 1. The van der Waals surface area contributed by atoms with Gasteiger partial charge in [0.05, 0.1) is 12.7 Å². The largest absolute Gasteiger partial charge is 0.459 e. The Morgan fingerprint density at radius 3 is 2.56 bits per heavy atom. The normalized spacial score (nSPS) is 16.6. The van der Waals surface area contributed by atoms with Gasteiger partial charge in [0.25, 0.3) is 5.91 Å². The van der Waals surface area contributed by atoms with E-state index in [9.17, 15) is 14.4 Å². The Balaban J connectivity index is 1.74. The van der Waals surface area contributed by atoms with E-state index in [1.165, 1.54) is 22.2 Å². The zero-order valence-corrected chi connectivity index (χ0v) is 15.4. The second-order valence-electron chi connectivity index (χ2n) is 5.79. The number of hydrazine groups is 1. The smallest absolute Gasteiger partial charge is 0.305 e. The summed E-state index contributed by atoms with van der Waals surface area (Å²) in [5.41, 5.74) is 3.18. The Labute approximate surface area is 161 Å². The molecule has 1 aliphatic rings. The Hall–Kier alpha value is -3.20. The van der Waals surface area contributed by atoms with Gasteiger partial charge in [-0.3, -0.25) is 24.7 Å². The molecule has 1 unspecified atom stereocenters. The highest BCUT2D eigenvalue weighted by Gasteiger charge is 2.44. The van der Waals surface area contributed by atoms with Crippen LogP contribution in [0, 0.1) is 0 Å². The third-order valence-electron chi connectivity index (χ3n) is 4.02. The van der Waals surface area contributed by atoms with Crippen LogP contribution in [0.15, 0.2) is 53.1 Å². The third kappa shape index (κ3) is 3.98. The fraction of sp³-hybridized carbons (Fsp3) is 0.222. The molecular formula is C18H18N4O4S. The number of nitrogens with zero attached hydrogens (tertiary/aromatic N) is 2. The molecule has 8 nitrogen and oxygen atoms in total. The van der Waals surface area contributed by atoms with Crippen molar-refractivity contribution in [1.29, 1.82) is 0 Å². The standard InChI is InChI=1S/C18H18N4O4S/c1-2-21-17(25)13(11-15(23)19-12-7-4-3-5-8-12)22(18(21)27)20-16(24)14-9-6-10-26-14/h3-10,13H,2,11H2,1H3,(H,19,23)(H,20,24). The Morgan fingerprint density at radius 1 is 1.19 bits per heavy atom. The molecule has 0 saturated carbocycles. The van der Waals surface area contributed by atoms with Gasteiger partial charge in [0.1, 0.15) is 6.04 Å². The van der Waals surface area contributed by atoms with Crippen LogP contribution in [0.2, 0.25) is 0 Å². The second kappa shape index (κ2) is 8.00. The van der Waals surface area contributed by atoms with E-state index >= 15 is 0 Å². The molecule has 1 aliphatic heterocycles. The van der Waals surface area contributed by atoms with Crippen molar-refractivity contribution in [2.24, 2.45) is 0 Å². The van der Waals surface area contributed by atoms with Gasteiger partial charge in [-0.2, -0.15) is 0 Å². The number of carbonyl (C=O) groups is 3. The first kappa shape index (κ1) is 18.6. The molecular weight excluding hydrogens is 368 g/mol. The number of carbonyl (C=O) groups excluding carboxylic acids is 3. The quantitative estimate of drug-likeness (QED) is 0.735. The van der Waals surface area contributed by atoms with Crippen molar-refractivity contribution in [2.75, 3.05) is 11.9 Å². The van der Waals surface area contributed by atoms with Crippen LogP contribution in [-0.2, 0) is 9.59 Å². The average molecular weight is 386 g/mol. The molecule has 1 aromatic heterocycles. The predicted molar refractivity (Wildman–Crippen MR) is 101 cm³/mol. The van der Waals surface area contributed by atoms with Crippen molar-refractivity contribution >= 4 is 40.7 Å². The Morgan fingerprint density at radius 2 is 1.93 bits per heavy atom.